The Morgan fingerprint density at radius 2 is 1.82 bits per heavy atom. The number of rotatable bonds is 3. The summed E-state index contributed by atoms with van der Waals surface area (Å²) in [6, 6.07) is 0. The van der Waals surface area contributed by atoms with Gasteiger partial charge in [0.1, 0.15) is 0 Å². The molecule has 1 aliphatic carbocycles. The lowest BCUT2D eigenvalue weighted by Gasteiger charge is -2.39. The standard InChI is InChI=1S/C8H16O3/c1-5(9)7-3-8(4-7)6(2)11-10/h5-10H,3-4H2,1-2H3. The van der Waals surface area contributed by atoms with Crippen LogP contribution >= 0.6 is 0 Å². The van der Waals surface area contributed by atoms with Gasteiger partial charge in [0, 0.05) is 0 Å². The highest BCUT2D eigenvalue weighted by molar-refractivity contribution is 4.85. The van der Waals surface area contributed by atoms with Crippen LogP contribution in [0.25, 0.3) is 0 Å². The van der Waals surface area contributed by atoms with Crippen LogP contribution in [0.5, 0.6) is 0 Å². The van der Waals surface area contributed by atoms with E-state index in [-0.39, 0.29) is 12.2 Å². The molecular weight excluding hydrogens is 144 g/mol. The highest BCUT2D eigenvalue weighted by atomic mass is 17.1. The van der Waals surface area contributed by atoms with Crippen LogP contribution in [0.3, 0.4) is 0 Å². The molecule has 2 unspecified atom stereocenters. The first-order chi connectivity index (χ1) is 5.15. The zero-order valence-electron chi connectivity index (χ0n) is 7.03. The smallest absolute Gasteiger partial charge is 0.0927 e. The van der Waals surface area contributed by atoms with Crippen LogP contribution in [0.15, 0.2) is 0 Å². The van der Waals surface area contributed by atoms with E-state index in [1.807, 2.05) is 13.8 Å². The molecule has 1 aliphatic rings. The molecular formula is C8H16O3. The molecule has 66 valence electrons. The summed E-state index contributed by atoms with van der Waals surface area (Å²) in [7, 11) is 0. The fourth-order valence-corrected chi connectivity index (χ4v) is 1.57. The van der Waals surface area contributed by atoms with Crippen molar-refractivity contribution in [1.82, 2.24) is 0 Å². The van der Waals surface area contributed by atoms with Gasteiger partial charge in [-0.25, -0.2) is 4.89 Å². The van der Waals surface area contributed by atoms with Crippen molar-refractivity contribution in [1.29, 1.82) is 0 Å². The highest BCUT2D eigenvalue weighted by Gasteiger charge is 2.36. The molecule has 11 heavy (non-hydrogen) atoms. The Morgan fingerprint density at radius 1 is 1.27 bits per heavy atom. The molecule has 0 radical (unpaired) electrons. The summed E-state index contributed by atoms with van der Waals surface area (Å²) in [6.07, 6.45) is 1.65. The number of aliphatic hydroxyl groups excluding tert-OH is 1. The Hall–Kier alpha value is -0.120. The summed E-state index contributed by atoms with van der Waals surface area (Å²) >= 11 is 0. The van der Waals surface area contributed by atoms with Crippen LogP contribution in [0.1, 0.15) is 26.7 Å². The average Bonchev–Trinajstić information content (AvgIpc) is 1.83. The third-order valence-electron chi connectivity index (χ3n) is 2.72. The molecule has 0 aromatic heterocycles. The third kappa shape index (κ3) is 1.92. The van der Waals surface area contributed by atoms with Crippen LogP contribution in [-0.4, -0.2) is 22.6 Å². The van der Waals surface area contributed by atoms with Crippen molar-refractivity contribution >= 4 is 0 Å². The molecule has 2 N–H and O–H groups in total. The van der Waals surface area contributed by atoms with Crippen molar-refractivity contribution in [2.45, 2.75) is 38.9 Å². The van der Waals surface area contributed by atoms with Gasteiger partial charge in [-0.15, -0.1) is 0 Å². The first-order valence-corrected chi connectivity index (χ1v) is 4.13. The van der Waals surface area contributed by atoms with E-state index in [1.54, 1.807) is 0 Å². The quantitative estimate of drug-likeness (QED) is 0.483. The minimum absolute atomic E-state index is 0.0787. The third-order valence-corrected chi connectivity index (χ3v) is 2.72. The lowest BCUT2D eigenvalue weighted by molar-refractivity contribution is -0.293. The van der Waals surface area contributed by atoms with E-state index in [4.69, 9.17) is 10.4 Å². The van der Waals surface area contributed by atoms with Crippen molar-refractivity contribution in [2.24, 2.45) is 11.8 Å². The van der Waals surface area contributed by atoms with Gasteiger partial charge in [-0.1, -0.05) is 0 Å². The Kier molecular flexibility index (Phi) is 2.87. The molecule has 1 rings (SSSR count). The minimum Gasteiger partial charge on any atom is -0.393 e. The number of hydrogen-bond donors (Lipinski definition) is 2. The summed E-state index contributed by atoms with van der Waals surface area (Å²) in [5, 5.41) is 17.5. The van der Waals surface area contributed by atoms with Gasteiger partial charge in [0.2, 0.25) is 0 Å². The summed E-state index contributed by atoms with van der Waals surface area (Å²) in [5.41, 5.74) is 0. The predicted molar refractivity (Wildman–Crippen MR) is 41.1 cm³/mol. The van der Waals surface area contributed by atoms with Gasteiger partial charge in [0.05, 0.1) is 12.2 Å². The lowest BCUT2D eigenvalue weighted by Crippen LogP contribution is -2.38. The maximum absolute atomic E-state index is 9.14. The number of aliphatic hydroxyl groups is 1. The Balaban J connectivity index is 2.18. The largest absolute Gasteiger partial charge is 0.393 e. The van der Waals surface area contributed by atoms with Gasteiger partial charge >= 0.3 is 0 Å². The van der Waals surface area contributed by atoms with E-state index in [1.165, 1.54) is 0 Å². The first-order valence-electron chi connectivity index (χ1n) is 4.13. The monoisotopic (exact) mass is 160 g/mol. The van der Waals surface area contributed by atoms with Crippen LogP contribution in [0, 0.1) is 11.8 Å². The topological polar surface area (TPSA) is 49.7 Å². The second kappa shape index (κ2) is 3.52. The van der Waals surface area contributed by atoms with Crippen molar-refractivity contribution in [3.63, 3.8) is 0 Å². The fraction of sp³-hybridized carbons (Fsp3) is 1.00. The predicted octanol–water partition coefficient (Wildman–Crippen LogP) is 1.27. The van der Waals surface area contributed by atoms with Crippen molar-refractivity contribution in [3.8, 4) is 0 Å². The molecule has 1 fully saturated rings. The normalized spacial score (nSPS) is 36.0. The molecule has 0 aromatic carbocycles. The second-order valence-electron chi connectivity index (χ2n) is 3.54. The SMILES string of the molecule is CC(O)C1CC(C(C)OO)C1. The van der Waals surface area contributed by atoms with E-state index < -0.39 is 0 Å². The van der Waals surface area contributed by atoms with Gasteiger partial charge in [0.25, 0.3) is 0 Å². The van der Waals surface area contributed by atoms with Crippen molar-refractivity contribution < 1.29 is 15.3 Å². The zero-order chi connectivity index (χ0) is 8.43. The minimum atomic E-state index is -0.211. The Labute approximate surface area is 66.9 Å². The molecule has 0 amide bonds. The molecule has 3 nitrogen and oxygen atoms in total. The summed E-state index contributed by atoms with van der Waals surface area (Å²) in [6.45, 7) is 3.66. The van der Waals surface area contributed by atoms with Crippen molar-refractivity contribution in [3.05, 3.63) is 0 Å². The van der Waals surface area contributed by atoms with E-state index in [0.29, 0.717) is 11.8 Å². The Bertz CT molecular complexity index is 119. The van der Waals surface area contributed by atoms with Gasteiger partial charge in [-0.3, -0.25) is 5.26 Å². The van der Waals surface area contributed by atoms with Gasteiger partial charge < -0.3 is 5.11 Å². The maximum Gasteiger partial charge on any atom is 0.0927 e. The number of hydrogen-bond acceptors (Lipinski definition) is 3. The van der Waals surface area contributed by atoms with Crippen molar-refractivity contribution in [2.75, 3.05) is 0 Å². The van der Waals surface area contributed by atoms with E-state index in [2.05, 4.69) is 4.89 Å². The molecule has 2 atom stereocenters. The molecule has 3 heteroatoms. The summed E-state index contributed by atoms with van der Waals surface area (Å²) < 4.78 is 0. The zero-order valence-corrected chi connectivity index (χ0v) is 7.03. The first kappa shape index (κ1) is 8.97. The molecule has 0 saturated heterocycles. The molecule has 0 bridgehead atoms. The molecule has 1 saturated carbocycles. The van der Waals surface area contributed by atoms with Crippen LogP contribution in [-0.2, 0) is 4.89 Å². The van der Waals surface area contributed by atoms with E-state index in [0.717, 1.165) is 12.8 Å². The highest BCUT2D eigenvalue weighted by Crippen LogP contribution is 2.38. The fourth-order valence-electron chi connectivity index (χ4n) is 1.57. The van der Waals surface area contributed by atoms with Gasteiger partial charge in [-0.05, 0) is 38.5 Å². The average molecular weight is 160 g/mol. The summed E-state index contributed by atoms with van der Waals surface area (Å²) in [4.78, 5) is 4.20. The maximum atomic E-state index is 9.14. The van der Waals surface area contributed by atoms with Crippen LogP contribution < -0.4 is 0 Å². The lowest BCUT2D eigenvalue weighted by atomic mass is 9.70. The van der Waals surface area contributed by atoms with Gasteiger partial charge in [0.15, 0.2) is 0 Å². The Morgan fingerprint density at radius 3 is 2.18 bits per heavy atom. The second-order valence-corrected chi connectivity index (χ2v) is 3.54. The molecule has 0 aromatic rings. The van der Waals surface area contributed by atoms with E-state index in [9.17, 15) is 0 Å². The van der Waals surface area contributed by atoms with Gasteiger partial charge in [-0.2, -0.15) is 0 Å². The summed E-state index contributed by atoms with van der Waals surface area (Å²) in [5.74, 6) is 0.845. The molecule has 0 spiro atoms. The van der Waals surface area contributed by atoms with E-state index >= 15 is 0 Å². The van der Waals surface area contributed by atoms with Crippen LogP contribution in [0.4, 0.5) is 0 Å². The van der Waals surface area contributed by atoms with Crippen LogP contribution in [0.2, 0.25) is 0 Å². The molecule has 0 heterocycles. The molecule has 0 aliphatic heterocycles.